The number of aliphatic hydroxyl groups is 1. The maximum absolute atomic E-state index is 12.6. The van der Waals surface area contributed by atoms with Gasteiger partial charge in [0, 0.05) is 38.1 Å². The van der Waals surface area contributed by atoms with E-state index in [0.717, 1.165) is 31.6 Å². The number of methoxy groups -OCH3 is 2. The van der Waals surface area contributed by atoms with Gasteiger partial charge in [-0.25, -0.2) is 4.79 Å². The van der Waals surface area contributed by atoms with Crippen LogP contribution in [-0.2, 0) is 19.1 Å². The van der Waals surface area contributed by atoms with Gasteiger partial charge in [0.25, 0.3) is 5.91 Å². The fourth-order valence-corrected chi connectivity index (χ4v) is 3.60. The molecule has 28 heavy (non-hydrogen) atoms. The molecule has 0 atom stereocenters. The van der Waals surface area contributed by atoms with E-state index in [2.05, 4.69) is 10.2 Å². The van der Waals surface area contributed by atoms with E-state index in [1.54, 1.807) is 7.11 Å². The van der Waals surface area contributed by atoms with Crippen molar-refractivity contribution in [3.05, 3.63) is 35.5 Å². The van der Waals surface area contributed by atoms with Gasteiger partial charge in [0.2, 0.25) is 0 Å². The maximum Gasteiger partial charge on any atom is 0.337 e. The monoisotopic (exact) mass is 389 g/mol. The molecule has 2 aliphatic heterocycles. The zero-order valence-electron chi connectivity index (χ0n) is 16.3. The minimum absolute atomic E-state index is 0.126. The second-order valence-electron chi connectivity index (χ2n) is 6.89. The molecular formula is C20H27N3O5. The summed E-state index contributed by atoms with van der Waals surface area (Å²) in [5.41, 5.74) is 2.30. The minimum Gasteiger partial charge on any atom is -0.466 e. The van der Waals surface area contributed by atoms with E-state index >= 15 is 0 Å². The fraction of sp³-hybridized carbons (Fsp3) is 0.500. The number of carbonyl (C=O) groups is 2. The first-order valence-electron chi connectivity index (χ1n) is 9.43. The highest BCUT2D eigenvalue weighted by Crippen LogP contribution is 2.26. The van der Waals surface area contributed by atoms with Gasteiger partial charge in [0.05, 0.1) is 31.9 Å². The van der Waals surface area contributed by atoms with Gasteiger partial charge in [-0.2, -0.15) is 0 Å². The van der Waals surface area contributed by atoms with Crippen molar-refractivity contribution in [3.63, 3.8) is 0 Å². The molecular weight excluding hydrogens is 362 g/mol. The number of hydrogen-bond donors (Lipinski definition) is 2. The fourth-order valence-electron chi connectivity index (χ4n) is 3.60. The molecule has 2 heterocycles. The quantitative estimate of drug-likeness (QED) is 0.672. The molecule has 1 aromatic rings. The topological polar surface area (TPSA) is 91.3 Å². The predicted octanol–water partition coefficient (Wildman–Crippen LogP) is 0.975. The molecule has 1 saturated heterocycles. The van der Waals surface area contributed by atoms with Gasteiger partial charge >= 0.3 is 5.97 Å². The number of hydrogen-bond acceptors (Lipinski definition) is 7. The largest absolute Gasteiger partial charge is 0.466 e. The third-order valence-corrected chi connectivity index (χ3v) is 5.23. The summed E-state index contributed by atoms with van der Waals surface area (Å²) in [6.45, 7) is 2.01. The van der Waals surface area contributed by atoms with E-state index in [4.69, 9.17) is 14.6 Å². The molecule has 152 valence electrons. The van der Waals surface area contributed by atoms with E-state index < -0.39 is 5.97 Å². The molecule has 8 heteroatoms. The third kappa shape index (κ3) is 4.28. The molecule has 0 spiro atoms. The first kappa shape index (κ1) is 20.2. The van der Waals surface area contributed by atoms with Crippen LogP contribution in [0.5, 0.6) is 0 Å². The Bertz CT molecular complexity index is 739. The predicted molar refractivity (Wildman–Crippen MR) is 105 cm³/mol. The second-order valence-corrected chi connectivity index (χ2v) is 6.89. The van der Waals surface area contributed by atoms with Crippen LogP contribution in [0.25, 0.3) is 0 Å². The lowest BCUT2D eigenvalue weighted by Gasteiger charge is -2.33. The van der Waals surface area contributed by atoms with Gasteiger partial charge in [-0.05, 0) is 37.1 Å². The van der Waals surface area contributed by atoms with Gasteiger partial charge in [-0.15, -0.1) is 0 Å². The van der Waals surface area contributed by atoms with Crippen LogP contribution < -0.4 is 10.2 Å². The van der Waals surface area contributed by atoms with Gasteiger partial charge < -0.3 is 29.7 Å². The molecule has 0 radical (unpaired) electrons. The Morgan fingerprint density at radius 2 is 1.89 bits per heavy atom. The summed E-state index contributed by atoms with van der Waals surface area (Å²) >= 11 is 0. The van der Waals surface area contributed by atoms with Crippen LogP contribution >= 0.6 is 0 Å². The van der Waals surface area contributed by atoms with Gasteiger partial charge in [0.1, 0.15) is 5.70 Å². The van der Waals surface area contributed by atoms with Crippen molar-refractivity contribution in [3.8, 4) is 0 Å². The standard InChI is InChI=1S/C20H27N3O5/c1-27-16-7-9-22(10-8-16)15-5-3-14(4-6-15)21-18-17(20(26)28-2)13-23(11-12-24)19(18)25/h3-6,16,21,24H,7-13H2,1-2H3. The van der Waals surface area contributed by atoms with Crippen molar-refractivity contribution in [1.82, 2.24) is 4.90 Å². The van der Waals surface area contributed by atoms with Crippen LogP contribution in [0.2, 0.25) is 0 Å². The summed E-state index contributed by atoms with van der Waals surface area (Å²) in [5.74, 6) is -0.867. The van der Waals surface area contributed by atoms with Crippen molar-refractivity contribution in [1.29, 1.82) is 0 Å². The number of rotatable bonds is 7. The number of anilines is 2. The Labute approximate surface area is 164 Å². The van der Waals surface area contributed by atoms with Crippen molar-refractivity contribution in [2.24, 2.45) is 0 Å². The number of esters is 1. The maximum atomic E-state index is 12.6. The van der Waals surface area contributed by atoms with Crippen LogP contribution in [0.4, 0.5) is 11.4 Å². The number of aliphatic hydroxyl groups excluding tert-OH is 1. The molecule has 3 rings (SSSR count). The second kappa shape index (κ2) is 9.07. The first-order chi connectivity index (χ1) is 13.6. The molecule has 1 amide bonds. The number of ether oxygens (including phenoxy) is 2. The summed E-state index contributed by atoms with van der Waals surface area (Å²) in [4.78, 5) is 28.3. The van der Waals surface area contributed by atoms with E-state index in [1.807, 2.05) is 24.3 Å². The Morgan fingerprint density at radius 3 is 2.46 bits per heavy atom. The van der Waals surface area contributed by atoms with Crippen LogP contribution in [0.15, 0.2) is 35.5 Å². The Hall–Kier alpha value is -2.58. The lowest BCUT2D eigenvalue weighted by molar-refractivity contribution is -0.136. The number of β-amino-alcohol motifs (C(OH)–C–C–N with tert-alkyl or cyclic N) is 1. The Morgan fingerprint density at radius 1 is 1.21 bits per heavy atom. The molecule has 0 bridgehead atoms. The van der Waals surface area contributed by atoms with Crippen LogP contribution in [0.1, 0.15) is 12.8 Å². The van der Waals surface area contributed by atoms with Crippen LogP contribution in [0.3, 0.4) is 0 Å². The van der Waals surface area contributed by atoms with Gasteiger partial charge in [-0.1, -0.05) is 0 Å². The first-order valence-corrected chi connectivity index (χ1v) is 9.43. The summed E-state index contributed by atoms with van der Waals surface area (Å²) in [6, 6.07) is 7.78. The van der Waals surface area contributed by atoms with Crippen molar-refractivity contribution in [2.45, 2.75) is 18.9 Å². The van der Waals surface area contributed by atoms with Crippen molar-refractivity contribution < 1.29 is 24.2 Å². The van der Waals surface area contributed by atoms with Gasteiger partial charge in [0.15, 0.2) is 0 Å². The average Bonchev–Trinajstić information content (AvgIpc) is 3.04. The molecule has 0 saturated carbocycles. The smallest absolute Gasteiger partial charge is 0.337 e. The van der Waals surface area contributed by atoms with Crippen molar-refractivity contribution in [2.75, 3.05) is 57.2 Å². The highest BCUT2D eigenvalue weighted by atomic mass is 16.5. The minimum atomic E-state index is -0.547. The normalized spacial score (nSPS) is 18.0. The summed E-state index contributed by atoms with van der Waals surface area (Å²) in [5, 5.41) is 12.2. The number of piperidine rings is 1. The zero-order chi connectivity index (χ0) is 20.1. The highest BCUT2D eigenvalue weighted by molar-refractivity contribution is 6.08. The molecule has 0 aliphatic carbocycles. The number of nitrogens with zero attached hydrogens (tertiary/aromatic N) is 2. The molecule has 1 aromatic carbocycles. The summed E-state index contributed by atoms with van der Waals surface area (Å²) in [6.07, 6.45) is 2.33. The SMILES string of the molecule is COC(=O)C1=C(Nc2ccc(N3CCC(OC)CC3)cc2)C(=O)N(CCO)C1. The molecule has 1 fully saturated rings. The van der Waals surface area contributed by atoms with Crippen LogP contribution in [-0.4, -0.2) is 75.0 Å². The number of benzene rings is 1. The van der Waals surface area contributed by atoms with E-state index in [1.165, 1.54) is 12.0 Å². The number of nitrogens with one attached hydrogen (secondary N) is 1. The zero-order valence-corrected chi connectivity index (χ0v) is 16.3. The molecule has 0 unspecified atom stereocenters. The lowest BCUT2D eigenvalue weighted by atomic mass is 10.1. The molecule has 0 aromatic heterocycles. The summed E-state index contributed by atoms with van der Waals surface area (Å²) in [7, 11) is 3.04. The van der Waals surface area contributed by atoms with E-state index in [-0.39, 0.29) is 36.9 Å². The van der Waals surface area contributed by atoms with E-state index in [0.29, 0.717) is 11.8 Å². The third-order valence-electron chi connectivity index (χ3n) is 5.23. The highest BCUT2D eigenvalue weighted by Gasteiger charge is 2.34. The molecule has 8 nitrogen and oxygen atoms in total. The Balaban J connectivity index is 1.71. The number of carbonyl (C=O) groups excluding carboxylic acids is 2. The number of amides is 1. The lowest BCUT2D eigenvalue weighted by Crippen LogP contribution is -2.36. The van der Waals surface area contributed by atoms with Gasteiger partial charge in [-0.3, -0.25) is 4.79 Å². The molecule has 2 N–H and O–H groups in total. The van der Waals surface area contributed by atoms with E-state index in [9.17, 15) is 9.59 Å². The Kier molecular flexibility index (Phi) is 6.53. The average molecular weight is 389 g/mol. The molecule has 2 aliphatic rings. The van der Waals surface area contributed by atoms with Crippen molar-refractivity contribution >= 4 is 23.3 Å². The van der Waals surface area contributed by atoms with Crippen LogP contribution in [0, 0.1) is 0 Å². The summed E-state index contributed by atoms with van der Waals surface area (Å²) < 4.78 is 10.2.